The van der Waals surface area contributed by atoms with Crippen molar-refractivity contribution in [2.24, 2.45) is 5.10 Å². The van der Waals surface area contributed by atoms with Crippen molar-refractivity contribution in [1.82, 2.24) is 4.98 Å². The summed E-state index contributed by atoms with van der Waals surface area (Å²) < 4.78 is 50.4. The molecule has 0 bridgehead atoms. The first-order valence-electron chi connectivity index (χ1n) is 6.30. The van der Waals surface area contributed by atoms with Crippen molar-refractivity contribution in [2.45, 2.75) is 6.18 Å². The SMILES string of the molecule is Fc1ccc(N2CN(c3ccc(C(F)(F)F)cc3)C=N2)nc1. The number of rotatable bonds is 2. The third-order valence-electron chi connectivity index (χ3n) is 3.12. The van der Waals surface area contributed by atoms with Gasteiger partial charge in [-0.2, -0.15) is 18.3 Å². The Morgan fingerprint density at radius 3 is 2.32 bits per heavy atom. The molecule has 0 atom stereocenters. The van der Waals surface area contributed by atoms with Crippen LogP contribution in [0.5, 0.6) is 0 Å². The lowest BCUT2D eigenvalue weighted by Gasteiger charge is -2.18. The minimum absolute atomic E-state index is 0.282. The van der Waals surface area contributed by atoms with Crippen LogP contribution in [-0.4, -0.2) is 18.0 Å². The van der Waals surface area contributed by atoms with Gasteiger partial charge in [0.15, 0.2) is 5.82 Å². The third kappa shape index (κ3) is 2.85. The predicted molar refractivity (Wildman–Crippen MR) is 74.0 cm³/mol. The van der Waals surface area contributed by atoms with Crippen molar-refractivity contribution < 1.29 is 17.6 Å². The minimum atomic E-state index is -4.36. The maximum Gasteiger partial charge on any atom is 0.416 e. The van der Waals surface area contributed by atoms with E-state index in [-0.39, 0.29) is 6.67 Å². The van der Waals surface area contributed by atoms with E-state index in [1.54, 1.807) is 4.90 Å². The van der Waals surface area contributed by atoms with Gasteiger partial charge in [0.1, 0.15) is 18.8 Å². The van der Waals surface area contributed by atoms with E-state index < -0.39 is 17.6 Å². The number of pyridine rings is 1. The highest BCUT2D eigenvalue weighted by Gasteiger charge is 2.30. The molecule has 1 aliphatic heterocycles. The van der Waals surface area contributed by atoms with Crippen LogP contribution >= 0.6 is 0 Å². The largest absolute Gasteiger partial charge is 0.416 e. The highest BCUT2D eigenvalue weighted by molar-refractivity contribution is 5.82. The number of halogens is 4. The van der Waals surface area contributed by atoms with Crippen molar-refractivity contribution in [2.75, 3.05) is 16.6 Å². The van der Waals surface area contributed by atoms with Crippen molar-refractivity contribution >= 4 is 17.8 Å². The van der Waals surface area contributed by atoms with Gasteiger partial charge < -0.3 is 4.90 Å². The Kier molecular flexibility index (Phi) is 3.44. The maximum atomic E-state index is 12.8. The zero-order valence-electron chi connectivity index (χ0n) is 11.1. The van der Waals surface area contributed by atoms with Crippen LogP contribution in [0.2, 0.25) is 0 Å². The second kappa shape index (κ2) is 5.28. The van der Waals surface area contributed by atoms with Gasteiger partial charge in [-0.15, -0.1) is 0 Å². The van der Waals surface area contributed by atoms with Crippen molar-refractivity contribution in [3.8, 4) is 0 Å². The van der Waals surface area contributed by atoms with Gasteiger partial charge in [0.25, 0.3) is 0 Å². The quantitative estimate of drug-likeness (QED) is 0.796. The number of alkyl halides is 3. The fourth-order valence-corrected chi connectivity index (χ4v) is 1.98. The Balaban J connectivity index is 1.73. The molecule has 0 saturated heterocycles. The molecule has 0 radical (unpaired) electrons. The number of hydrogen-bond acceptors (Lipinski definition) is 4. The van der Waals surface area contributed by atoms with Gasteiger partial charge in [-0.05, 0) is 36.4 Å². The van der Waals surface area contributed by atoms with E-state index in [1.165, 1.54) is 35.6 Å². The second-order valence-corrected chi connectivity index (χ2v) is 4.62. The Bertz CT molecular complexity index is 679. The number of hydrogen-bond donors (Lipinski definition) is 0. The van der Waals surface area contributed by atoms with E-state index in [0.717, 1.165) is 18.3 Å². The van der Waals surface area contributed by atoms with Gasteiger partial charge in [-0.25, -0.2) is 14.4 Å². The summed E-state index contributed by atoms with van der Waals surface area (Å²) in [7, 11) is 0. The summed E-state index contributed by atoms with van der Waals surface area (Å²) in [6, 6.07) is 7.51. The molecule has 1 aliphatic rings. The van der Waals surface area contributed by atoms with Gasteiger partial charge in [-0.3, -0.25) is 0 Å². The maximum absolute atomic E-state index is 12.8. The van der Waals surface area contributed by atoms with Crippen LogP contribution in [0.4, 0.5) is 29.1 Å². The summed E-state index contributed by atoms with van der Waals surface area (Å²) in [4.78, 5) is 5.55. The van der Waals surface area contributed by atoms with Crippen LogP contribution in [-0.2, 0) is 6.18 Å². The minimum Gasteiger partial charge on any atom is -0.311 e. The van der Waals surface area contributed by atoms with E-state index >= 15 is 0 Å². The molecule has 0 saturated carbocycles. The van der Waals surface area contributed by atoms with E-state index in [1.807, 2.05) is 0 Å². The monoisotopic (exact) mass is 310 g/mol. The van der Waals surface area contributed by atoms with E-state index in [2.05, 4.69) is 10.1 Å². The normalized spacial score (nSPS) is 14.7. The first-order chi connectivity index (χ1) is 10.4. The van der Waals surface area contributed by atoms with E-state index in [9.17, 15) is 17.6 Å². The van der Waals surface area contributed by atoms with Crippen LogP contribution in [0.3, 0.4) is 0 Å². The zero-order valence-corrected chi connectivity index (χ0v) is 11.1. The number of aromatic nitrogens is 1. The molecule has 2 aromatic rings. The van der Waals surface area contributed by atoms with Crippen LogP contribution in [0.15, 0.2) is 47.7 Å². The summed E-state index contributed by atoms with van der Waals surface area (Å²) in [5.41, 5.74) is -0.134. The lowest BCUT2D eigenvalue weighted by Crippen LogP contribution is -2.26. The third-order valence-corrected chi connectivity index (χ3v) is 3.12. The molecule has 2 heterocycles. The van der Waals surface area contributed by atoms with Crippen molar-refractivity contribution in [1.29, 1.82) is 0 Å². The Morgan fingerprint density at radius 1 is 1.00 bits per heavy atom. The number of nitrogens with zero attached hydrogens (tertiary/aromatic N) is 4. The molecule has 0 aliphatic carbocycles. The van der Waals surface area contributed by atoms with Crippen molar-refractivity contribution in [3.63, 3.8) is 0 Å². The molecule has 8 heteroatoms. The number of anilines is 2. The molecule has 114 valence electrons. The average Bonchev–Trinajstić information content (AvgIpc) is 2.97. The summed E-state index contributed by atoms with van der Waals surface area (Å²) in [6.07, 6.45) is -1.80. The Labute approximate surface area is 123 Å². The lowest BCUT2D eigenvalue weighted by molar-refractivity contribution is -0.137. The molecule has 1 aromatic heterocycles. The topological polar surface area (TPSA) is 31.7 Å². The summed E-state index contributed by atoms with van der Waals surface area (Å²) in [5.74, 6) is -0.00131. The Morgan fingerprint density at radius 2 is 1.73 bits per heavy atom. The molecular formula is C14H10F4N4. The average molecular weight is 310 g/mol. The smallest absolute Gasteiger partial charge is 0.311 e. The van der Waals surface area contributed by atoms with Gasteiger partial charge in [0.2, 0.25) is 0 Å². The molecule has 3 rings (SSSR count). The zero-order chi connectivity index (χ0) is 15.7. The Hall–Kier alpha value is -2.64. The van der Waals surface area contributed by atoms with E-state index in [4.69, 9.17) is 0 Å². The molecule has 0 unspecified atom stereocenters. The van der Waals surface area contributed by atoms with Crippen LogP contribution in [0.1, 0.15) is 5.56 Å². The predicted octanol–water partition coefficient (Wildman–Crippen LogP) is 3.47. The molecular weight excluding hydrogens is 300 g/mol. The first-order valence-corrected chi connectivity index (χ1v) is 6.30. The highest BCUT2D eigenvalue weighted by Crippen LogP contribution is 2.31. The summed E-state index contributed by atoms with van der Waals surface area (Å²) in [5, 5.41) is 5.60. The highest BCUT2D eigenvalue weighted by atomic mass is 19.4. The fourth-order valence-electron chi connectivity index (χ4n) is 1.98. The number of hydrazone groups is 1. The van der Waals surface area contributed by atoms with Crippen LogP contribution in [0, 0.1) is 5.82 Å². The van der Waals surface area contributed by atoms with Gasteiger partial charge in [0, 0.05) is 5.69 Å². The molecule has 0 fully saturated rings. The van der Waals surface area contributed by atoms with Gasteiger partial charge in [0.05, 0.1) is 11.8 Å². The molecule has 0 N–H and O–H groups in total. The van der Waals surface area contributed by atoms with Gasteiger partial charge >= 0.3 is 6.18 Å². The second-order valence-electron chi connectivity index (χ2n) is 4.62. The lowest BCUT2D eigenvalue weighted by atomic mass is 10.2. The number of benzene rings is 1. The molecule has 0 spiro atoms. The summed E-state index contributed by atoms with van der Waals surface area (Å²) in [6.45, 7) is 0.282. The summed E-state index contributed by atoms with van der Waals surface area (Å²) >= 11 is 0. The molecule has 1 aromatic carbocycles. The molecule has 22 heavy (non-hydrogen) atoms. The first kappa shape index (κ1) is 14.3. The van der Waals surface area contributed by atoms with E-state index in [0.29, 0.717) is 11.5 Å². The molecule has 4 nitrogen and oxygen atoms in total. The molecule has 0 amide bonds. The fraction of sp³-hybridized carbons (Fsp3) is 0.143. The van der Waals surface area contributed by atoms with Crippen LogP contribution in [0.25, 0.3) is 0 Å². The van der Waals surface area contributed by atoms with Crippen molar-refractivity contribution in [3.05, 3.63) is 54.0 Å². The standard InChI is InChI=1S/C14H10F4N4/c15-11-3-6-13(19-7-11)22-9-21(8-20-22)12-4-1-10(2-5-12)14(16,17)18/h1-8H,9H2. The van der Waals surface area contributed by atoms with Crippen LogP contribution < -0.4 is 9.91 Å². The van der Waals surface area contributed by atoms with Gasteiger partial charge in [-0.1, -0.05) is 0 Å².